The fourth-order valence-corrected chi connectivity index (χ4v) is 3.34. The Labute approximate surface area is 130 Å². The van der Waals surface area contributed by atoms with E-state index in [-0.39, 0.29) is 5.60 Å². The second-order valence-electron chi connectivity index (χ2n) is 5.78. The fraction of sp³-hybridized carbons (Fsp3) is 0.562. The maximum atomic E-state index is 9.00. The largest absolute Gasteiger partial charge is 0.381 e. The highest BCUT2D eigenvalue weighted by Crippen LogP contribution is 2.36. The Hall–Kier alpha value is -1.28. The molecule has 5 heteroatoms. The van der Waals surface area contributed by atoms with Crippen LogP contribution in [0, 0.1) is 11.3 Å². The minimum Gasteiger partial charge on any atom is -0.381 e. The molecule has 1 aromatic rings. The minimum atomic E-state index is -0.0481. The molecular weight excluding hydrogens is 288 g/mol. The lowest BCUT2D eigenvalue weighted by atomic mass is 9.84. The van der Waals surface area contributed by atoms with E-state index < -0.39 is 0 Å². The summed E-state index contributed by atoms with van der Waals surface area (Å²) in [5, 5.41) is 13.1. The van der Waals surface area contributed by atoms with Crippen LogP contribution in [0.1, 0.15) is 31.2 Å². The summed E-state index contributed by atoms with van der Waals surface area (Å²) in [6.07, 6.45) is 3.83. The Morgan fingerprint density at radius 3 is 2.86 bits per heavy atom. The Kier molecular flexibility index (Phi) is 4.34. The number of halogens is 1. The molecule has 0 bridgehead atoms. The van der Waals surface area contributed by atoms with Crippen LogP contribution in [0.3, 0.4) is 0 Å². The van der Waals surface area contributed by atoms with Crippen molar-refractivity contribution in [3.63, 3.8) is 0 Å². The lowest BCUT2D eigenvalue weighted by Gasteiger charge is -2.43. The van der Waals surface area contributed by atoms with Crippen LogP contribution in [0.4, 0.5) is 5.69 Å². The second-order valence-corrected chi connectivity index (χ2v) is 6.19. The van der Waals surface area contributed by atoms with Crippen LogP contribution < -0.4 is 5.32 Å². The molecule has 1 atom stereocenters. The number of ether oxygens (including phenoxy) is 2. The highest BCUT2D eigenvalue weighted by molar-refractivity contribution is 6.33. The summed E-state index contributed by atoms with van der Waals surface area (Å²) in [4.78, 5) is 0. The van der Waals surface area contributed by atoms with Gasteiger partial charge in [-0.15, -0.1) is 0 Å². The Morgan fingerprint density at radius 2 is 2.10 bits per heavy atom. The van der Waals surface area contributed by atoms with Crippen molar-refractivity contribution in [1.82, 2.24) is 0 Å². The van der Waals surface area contributed by atoms with Gasteiger partial charge in [-0.25, -0.2) is 0 Å². The molecule has 0 amide bonds. The highest BCUT2D eigenvalue weighted by Gasteiger charge is 2.39. The van der Waals surface area contributed by atoms with E-state index in [0.717, 1.165) is 51.2 Å². The van der Waals surface area contributed by atoms with E-state index in [0.29, 0.717) is 16.6 Å². The van der Waals surface area contributed by atoms with E-state index in [1.807, 2.05) is 6.07 Å². The standard InChI is InChI=1S/C16H19ClN2O2/c17-14-2-1-12(11-18)9-15(14)19-13-3-6-21-16(10-13)4-7-20-8-5-16/h1-2,9,13,19H,3-8,10H2. The van der Waals surface area contributed by atoms with Crippen LogP contribution in [0.15, 0.2) is 18.2 Å². The number of hydrogen-bond acceptors (Lipinski definition) is 4. The van der Waals surface area contributed by atoms with Crippen molar-refractivity contribution in [2.75, 3.05) is 25.1 Å². The third-order valence-electron chi connectivity index (χ3n) is 4.35. The zero-order valence-corrected chi connectivity index (χ0v) is 12.7. The van der Waals surface area contributed by atoms with Gasteiger partial charge in [0.15, 0.2) is 0 Å². The molecule has 2 aliphatic heterocycles. The van der Waals surface area contributed by atoms with Crippen LogP contribution in [0.2, 0.25) is 5.02 Å². The molecule has 21 heavy (non-hydrogen) atoms. The molecule has 1 N–H and O–H groups in total. The first-order chi connectivity index (χ1) is 10.2. The summed E-state index contributed by atoms with van der Waals surface area (Å²) < 4.78 is 11.5. The zero-order valence-electron chi connectivity index (χ0n) is 11.9. The zero-order chi connectivity index (χ0) is 14.7. The van der Waals surface area contributed by atoms with Gasteiger partial charge in [-0.1, -0.05) is 11.6 Å². The quantitative estimate of drug-likeness (QED) is 0.910. The number of nitrogens with zero attached hydrogens (tertiary/aromatic N) is 1. The Morgan fingerprint density at radius 1 is 1.29 bits per heavy atom. The molecule has 1 aromatic carbocycles. The van der Waals surface area contributed by atoms with E-state index in [4.69, 9.17) is 26.3 Å². The van der Waals surface area contributed by atoms with Crippen molar-refractivity contribution < 1.29 is 9.47 Å². The van der Waals surface area contributed by atoms with E-state index >= 15 is 0 Å². The third-order valence-corrected chi connectivity index (χ3v) is 4.68. The van der Waals surface area contributed by atoms with Crippen molar-refractivity contribution in [3.05, 3.63) is 28.8 Å². The fourth-order valence-electron chi connectivity index (χ4n) is 3.17. The Balaban J connectivity index is 1.71. The van der Waals surface area contributed by atoms with E-state index in [1.165, 1.54) is 0 Å². The highest BCUT2D eigenvalue weighted by atomic mass is 35.5. The van der Waals surface area contributed by atoms with Crippen LogP contribution in [0.25, 0.3) is 0 Å². The van der Waals surface area contributed by atoms with E-state index in [9.17, 15) is 0 Å². The monoisotopic (exact) mass is 306 g/mol. The predicted molar refractivity (Wildman–Crippen MR) is 81.5 cm³/mol. The first kappa shape index (κ1) is 14.6. The van der Waals surface area contributed by atoms with Crippen molar-refractivity contribution in [3.8, 4) is 6.07 Å². The molecule has 112 valence electrons. The van der Waals surface area contributed by atoms with Gasteiger partial charge in [0.2, 0.25) is 0 Å². The molecule has 0 aromatic heterocycles. The molecule has 2 heterocycles. The summed E-state index contributed by atoms with van der Waals surface area (Å²) in [5.74, 6) is 0. The number of nitriles is 1. The number of benzene rings is 1. The van der Waals surface area contributed by atoms with Gasteiger partial charge in [-0.3, -0.25) is 0 Å². The van der Waals surface area contributed by atoms with Gasteiger partial charge in [-0.05, 0) is 43.9 Å². The maximum Gasteiger partial charge on any atom is 0.0992 e. The molecule has 1 unspecified atom stereocenters. The molecule has 1 spiro atoms. The number of anilines is 1. The summed E-state index contributed by atoms with van der Waals surface area (Å²) in [7, 11) is 0. The summed E-state index contributed by atoms with van der Waals surface area (Å²) in [6.45, 7) is 2.31. The van der Waals surface area contributed by atoms with Gasteiger partial charge in [0.1, 0.15) is 0 Å². The first-order valence-electron chi connectivity index (χ1n) is 7.39. The topological polar surface area (TPSA) is 54.3 Å². The number of rotatable bonds is 2. The predicted octanol–water partition coefficient (Wildman–Crippen LogP) is 3.35. The Bertz CT molecular complexity index is 544. The van der Waals surface area contributed by atoms with Gasteiger partial charge < -0.3 is 14.8 Å². The molecule has 0 saturated carbocycles. The summed E-state index contributed by atoms with van der Waals surface area (Å²) in [5.41, 5.74) is 1.41. The van der Waals surface area contributed by atoms with Crippen LogP contribution in [-0.2, 0) is 9.47 Å². The molecule has 3 rings (SSSR count). The second kappa shape index (κ2) is 6.23. The van der Waals surface area contributed by atoms with Crippen molar-refractivity contribution in [1.29, 1.82) is 5.26 Å². The molecule has 2 aliphatic rings. The van der Waals surface area contributed by atoms with Crippen molar-refractivity contribution in [2.45, 2.75) is 37.3 Å². The smallest absolute Gasteiger partial charge is 0.0992 e. The van der Waals surface area contributed by atoms with Gasteiger partial charge in [-0.2, -0.15) is 5.26 Å². The number of hydrogen-bond donors (Lipinski definition) is 1. The van der Waals surface area contributed by atoms with Crippen molar-refractivity contribution in [2.24, 2.45) is 0 Å². The molecule has 0 radical (unpaired) electrons. The summed E-state index contributed by atoms with van der Waals surface area (Å²) in [6, 6.07) is 7.79. The van der Waals surface area contributed by atoms with Gasteiger partial charge >= 0.3 is 0 Å². The van der Waals surface area contributed by atoms with Crippen molar-refractivity contribution >= 4 is 17.3 Å². The maximum absolute atomic E-state index is 9.00. The first-order valence-corrected chi connectivity index (χ1v) is 7.76. The van der Waals surface area contributed by atoms with Gasteiger partial charge in [0.05, 0.1) is 27.9 Å². The molecule has 2 saturated heterocycles. The lowest BCUT2D eigenvalue weighted by molar-refractivity contribution is -0.135. The van der Waals surface area contributed by atoms with Crippen LogP contribution in [-0.4, -0.2) is 31.5 Å². The van der Waals surface area contributed by atoms with Gasteiger partial charge in [0.25, 0.3) is 0 Å². The van der Waals surface area contributed by atoms with E-state index in [1.54, 1.807) is 12.1 Å². The van der Waals surface area contributed by atoms with Crippen LogP contribution in [0.5, 0.6) is 0 Å². The number of nitrogens with one attached hydrogen (secondary N) is 1. The molecule has 4 nitrogen and oxygen atoms in total. The average molecular weight is 307 g/mol. The average Bonchev–Trinajstić information content (AvgIpc) is 2.50. The summed E-state index contributed by atoms with van der Waals surface area (Å²) >= 11 is 6.23. The van der Waals surface area contributed by atoms with Gasteiger partial charge in [0, 0.05) is 25.9 Å². The molecular formula is C16H19ClN2O2. The normalized spacial score (nSPS) is 24.5. The van der Waals surface area contributed by atoms with Crippen LogP contribution >= 0.6 is 11.6 Å². The third kappa shape index (κ3) is 3.32. The molecule has 2 fully saturated rings. The SMILES string of the molecule is N#Cc1ccc(Cl)c(NC2CCOC3(CCOCC3)C2)c1. The minimum absolute atomic E-state index is 0.0481. The molecule has 0 aliphatic carbocycles. The lowest BCUT2D eigenvalue weighted by Crippen LogP contribution is -2.47. The van der Waals surface area contributed by atoms with E-state index in [2.05, 4.69) is 11.4 Å².